The van der Waals surface area contributed by atoms with Gasteiger partial charge in [-0.2, -0.15) is 0 Å². The number of esters is 1. The highest BCUT2D eigenvalue weighted by Gasteiger charge is 2.55. The number of anilines is 1. The van der Waals surface area contributed by atoms with E-state index in [2.05, 4.69) is 18.8 Å². The van der Waals surface area contributed by atoms with E-state index in [9.17, 15) is 4.79 Å². The predicted molar refractivity (Wildman–Crippen MR) is 81.8 cm³/mol. The summed E-state index contributed by atoms with van der Waals surface area (Å²) in [4.78, 5) is 18.7. The predicted octanol–water partition coefficient (Wildman–Crippen LogP) is 2.39. The molecular formula is C16H24N2O3. The molecule has 116 valence electrons. The molecule has 5 heteroatoms. The van der Waals surface area contributed by atoms with Gasteiger partial charge >= 0.3 is 5.97 Å². The van der Waals surface area contributed by atoms with Gasteiger partial charge in [-0.3, -0.25) is 4.79 Å². The smallest absolute Gasteiger partial charge is 0.317 e. The van der Waals surface area contributed by atoms with Crippen LogP contribution >= 0.6 is 0 Å². The van der Waals surface area contributed by atoms with Crippen molar-refractivity contribution < 1.29 is 14.3 Å². The van der Waals surface area contributed by atoms with Crippen molar-refractivity contribution in [3.05, 3.63) is 17.8 Å². The van der Waals surface area contributed by atoms with Crippen LogP contribution in [0.4, 0.5) is 5.69 Å². The molecule has 5 nitrogen and oxygen atoms in total. The molecule has 0 atom stereocenters. The van der Waals surface area contributed by atoms with Gasteiger partial charge in [0.1, 0.15) is 5.41 Å². The molecule has 0 spiro atoms. The van der Waals surface area contributed by atoms with E-state index < -0.39 is 5.41 Å². The molecular weight excluding hydrogens is 268 g/mol. The number of pyridine rings is 1. The van der Waals surface area contributed by atoms with Crippen molar-refractivity contribution in [2.45, 2.75) is 32.1 Å². The zero-order chi connectivity index (χ0) is 15.6. The minimum Gasteiger partial charge on any atom is -0.477 e. The van der Waals surface area contributed by atoms with E-state index in [-0.39, 0.29) is 5.97 Å². The molecule has 0 aromatic carbocycles. The minimum atomic E-state index is -0.592. The largest absolute Gasteiger partial charge is 0.477 e. The van der Waals surface area contributed by atoms with Crippen LogP contribution in [0.2, 0.25) is 0 Å². The Labute approximate surface area is 126 Å². The third-order valence-corrected chi connectivity index (χ3v) is 3.67. The number of hydrogen-bond acceptors (Lipinski definition) is 5. The third-order valence-electron chi connectivity index (χ3n) is 3.67. The van der Waals surface area contributed by atoms with Gasteiger partial charge in [-0.1, -0.05) is 13.8 Å². The van der Waals surface area contributed by atoms with Gasteiger partial charge in [-0.15, -0.1) is 0 Å². The average Bonchev–Trinajstić information content (AvgIpc) is 3.25. The highest BCUT2D eigenvalue weighted by Crippen LogP contribution is 2.51. The van der Waals surface area contributed by atoms with Crippen LogP contribution in [-0.4, -0.2) is 38.8 Å². The Hall–Kier alpha value is -1.78. The van der Waals surface area contributed by atoms with Crippen LogP contribution in [0.15, 0.2) is 12.1 Å². The van der Waals surface area contributed by atoms with Gasteiger partial charge in [0, 0.05) is 20.2 Å². The normalized spacial score (nSPS) is 15.7. The van der Waals surface area contributed by atoms with Crippen LogP contribution in [0.1, 0.15) is 32.4 Å². The summed E-state index contributed by atoms with van der Waals surface area (Å²) in [6.07, 6.45) is 1.56. The second-order valence-corrected chi connectivity index (χ2v) is 6.19. The lowest BCUT2D eigenvalue weighted by Crippen LogP contribution is -2.26. The fraction of sp³-hybridized carbons (Fsp3) is 0.625. The molecule has 0 unspecified atom stereocenters. The Kier molecular flexibility index (Phi) is 4.40. The minimum absolute atomic E-state index is 0.209. The Morgan fingerprint density at radius 3 is 2.52 bits per heavy atom. The lowest BCUT2D eigenvalue weighted by molar-refractivity contribution is -0.143. The molecule has 0 aliphatic heterocycles. The summed E-state index contributed by atoms with van der Waals surface area (Å²) in [5.74, 6) is 0.790. The zero-order valence-electron chi connectivity index (χ0n) is 13.5. The van der Waals surface area contributed by atoms with Gasteiger partial charge in [0.05, 0.1) is 25.1 Å². The van der Waals surface area contributed by atoms with E-state index >= 15 is 0 Å². The maximum atomic E-state index is 12.1. The number of hydrogen-bond donors (Lipinski definition) is 0. The van der Waals surface area contributed by atoms with E-state index in [1.54, 1.807) is 0 Å². The lowest BCUT2D eigenvalue weighted by Gasteiger charge is -2.22. The van der Waals surface area contributed by atoms with Crippen molar-refractivity contribution in [3.8, 4) is 5.88 Å². The Balaban J connectivity index is 2.36. The summed E-state index contributed by atoms with van der Waals surface area (Å²) < 4.78 is 10.7. The first-order valence-electron chi connectivity index (χ1n) is 7.31. The summed E-state index contributed by atoms with van der Waals surface area (Å²) in [7, 11) is 5.32. The maximum Gasteiger partial charge on any atom is 0.317 e. The first kappa shape index (κ1) is 15.6. The fourth-order valence-corrected chi connectivity index (χ4v) is 2.34. The standard InChI is InChI=1S/C16H24N2O3/c1-11(2)10-21-13-7-6-12(18(3)4)14(17-13)16(8-9-16)15(19)20-5/h6-7,11H,8-10H2,1-5H3. The van der Waals surface area contributed by atoms with Crippen LogP contribution in [0.3, 0.4) is 0 Å². The highest BCUT2D eigenvalue weighted by atomic mass is 16.5. The number of methoxy groups -OCH3 is 1. The Morgan fingerprint density at radius 1 is 1.38 bits per heavy atom. The van der Waals surface area contributed by atoms with Gasteiger partial charge in [-0.05, 0) is 24.8 Å². The summed E-state index contributed by atoms with van der Waals surface area (Å²) in [5, 5.41) is 0. The number of ether oxygens (including phenoxy) is 2. The number of rotatable bonds is 6. The summed E-state index contributed by atoms with van der Waals surface area (Å²) in [6.45, 7) is 4.79. The van der Waals surface area contributed by atoms with Crippen LogP contribution < -0.4 is 9.64 Å². The molecule has 0 radical (unpaired) electrons. The van der Waals surface area contributed by atoms with Crippen LogP contribution in [0.25, 0.3) is 0 Å². The molecule has 1 heterocycles. The molecule has 0 N–H and O–H groups in total. The molecule has 0 saturated heterocycles. The van der Waals surface area contributed by atoms with E-state index in [0.717, 1.165) is 24.2 Å². The SMILES string of the molecule is COC(=O)C1(c2nc(OCC(C)C)ccc2N(C)C)CC1. The zero-order valence-corrected chi connectivity index (χ0v) is 13.5. The van der Waals surface area contributed by atoms with Gasteiger partial charge in [-0.25, -0.2) is 4.98 Å². The summed E-state index contributed by atoms with van der Waals surface area (Å²) in [6, 6.07) is 3.82. The molecule has 1 saturated carbocycles. The molecule has 21 heavy (non-hydrogen) atoms. The fourth-order valence-electron chi connectivity index (χ4n) is 2.34. The van der Waals surface area contributed by atoms with E-state index in [4.69, 9.17) is 9.47 Å². The second-order valence-electron chi connectivity index (χ2n) is 6.19. The monoisotopic (exact) mass is 292 g/mol. The van der Waals surface area contributed by atoms with Crippen molar-refractivity contribution in [3.63, 3.8) is 0 Å². The molecule has 2 rings (SSSR count). The third kappa shape index (κ3) is 3.12. The Bertz CT molecular complexity index is 522. The van der Waals surface area contributed by atoms with Crippen molar-refractivity contribution in [1.82, 2.24) is 4.98 Å². The first-order chi connectivity index (χ1) is 9.90. The van der Waals surface area contributed by atoms with Crippen molar-refractivity contribution in [1.29, 1.82) is 0 Å². The van der Waals surface area contributed by atoms with Gasteiger partial charge < -0.3 is 14.4 Å². The molecule has 1 aliphatic rings. The number of aromatic nitrogens is 1. The van der Waals surface area contributed by atoms with E-state index in [0.29, 0.717) is 18.4 Å². The summed E-state index contributed by atoms with van der Waals surface area (Å²) >= 11 is 0. The van der Waals surface area contributed by atoms with Crippen molar-refractivity contribution in [2.75, 3.05) is 32.7 Å². The van der Waals surface area contributed by atoms with Gasteiger partial charge in [0.15, 0.2) is 0 Å². The molecule has 1 aromatic heterocycles. The number of carbonyl (C=O) groups is 1. The van der Waals surface area contributed by atoms with Crippen molar-refractivity contribution in [2.24, 2.45) is 5.92 Å². The van der Waals surface area contributed by atoms with E-state index in [1.165, 1.54) is 7.11 Å². The maximum absolute atomic E-state index is 12.1. The van der Waals surface area contributed by atoms with Gasteiger partial charge in [0.25, 0.3) is 0 Å². The van der Waals surface area contributed by atoms with Gasteiger partial charge in [0.2, 0.25) is 5.88 Å². The highest BCUT2D eigenvalue weighted by molar-refractivity contribution is 5.88. The lowest BCUT2D eigenvalue weighted by atomic mass is 10.00. The van der Waals surface area contributed by atoms with Crippen LogP contribution in [-0.2, 0) is 14.9 Å². The quantitative estimate of drug-likeness (QED) is 0.754. The Morgan fingerprint density at radius 2 is 2.05 bits per heavy atom. The molecule has 0 bridgehead atoms. The number of nitrogens with zero attached hydrogens (tertiary/aromatic N) is 2. The molecule has 1 fully saturated rings. The van der Waals surface area contributed by atoms with Crippen molar-refractivity contribution >= 4 is 11.7 Å². The van der Waals surface area contributed by atoms with Crippen LogP contribution in [0.5, 0.6) is 5.88 Å². The summed E-state index contributed by atoms with van der Waals surface area (Å²) in [5.41, 5.74) is 1.11. The molecule has 0 amide bonds. The number of carbonyl (C=O) groups excluding carboxylic acids is 1. The molecule has 1 aliphatic carbocycles. The second kappa shape index (κ2) is 5.92. The average molecular weight is 292 g/mol. The topological polar surface area (TPSA) is 51.7 Å². The molecule has 1 aromatic rings. The van der Waals surface area contributed by atoms with Crippen LogP contribution in [0, 0.1) is 5.92 Å². The first-order valence-corrected chi connectivity index (χ1v) is 7.31. The van der Waals surface area contributed by atoms with E-state index in [1.807, 2.05) is 31.1 Å².